The van der Waals surface area contributed by atoms with Gasteiger partial charge in [-0.15, -0.1) is 0 Å². The van der Waals surface area contributed by atoms with Crippen molar-refractivity contribution in [3.05, 3.63) is 83.9 Å². The molecule has 8 N–H and O–H groups in total. The first-order valence-electron chi connectivity index (χ1n) is 13.1. The molecule has 0 bridgehead atoms. The number of aromatic nitrogens is 2. The Morgan fingerprint density at radius 1 is 0.881 bits per heavy atom. The van der Waals surface area contributed by atoms with Gasteiger partial charge in [-0.25, -0.2) is 9.78 Å². The Bertz CT molecular complexity index is 1290. The average molecular weight is 583 g/mol. The van der Waals surface area contributed by atoms with E-state index in [1.54, 1.807) is 36.4 Å². The number of hydrogen-bond donors (Lipinski definition) is 8. The number of nitrogens with one attached hydrogen (secondary N) is 5. The molecule has 0 spiro atoms. The smallest absolute Gasteiger partial charge is 0.408 e. The number of phenolic OH excluding ortho intramolecular Hbond substituents is 1. The molecule has 0 saturated carbocycles. The van der Waals surface area contributed by atoms with Crippen LogP contribution in [0.5, 0.6) is 5.75 Å². The number of carbonyl (C=O) groups is 4. The zero-order valence-electron chi connectivity index (χ0n) is 22.7. The molecule has 0 saturated heterocycles. The van der Waals surface area contributed by atoms with Gasteiger partial charge in [-0.1, -0.05) is 42.5 Å². The lowest BCUT2D eigenvalue weighted by Gasteiger charge is -2.21. The van der Waals surface area contributed by atoms with Crippen LogP contribution in [-0.2, 0) is 38.6 Å². The number of nitrogens with zero attached hydrogens (tertiary/aromatic N) is 1. The van der Waals surface area contributed by atoms with Crippen molar-refractivity contribution in [1.82, 2.24) is 31.2 Å². The Labute approximate surface area is 241 Å². The maximum Gasteiger partial charge on any atom is 0.408 e. The maximum absolute atomic E-state index is 13.0. The third kappa shape index (κ3) is 10.9. The minimum Gasteiger partial charge on any atom is -0.508 e. The number of aliphatic hydroxyl groups excluding tert-OH is 2. The van der Waals surface area contributed by atoms with E-state index in [4.69, 9.17) is 9.84 Å². The fourth-order valence-electron chi connectivity index (χ4n) is 3.75. The number of aliphatic hydroxyl groups is 2. The van der Waals surface area contributed by atoms with Crippen molar-refractivity contribution < 1.29 is 39.2 Å². The molecule has 3 aromatic rings. The number of rotatable bonds is 15. The van der Waals surface area contributed by atoms with Gasteiger partial charge in [0.15, 0.2) is 0 Å². The van der Waals surface area contributed by atoms with Crippen LogP contribution >= 0.6 is 0 Å². The number of alkyl carbamates (subject to hydrolysis) is 1. The van der Waals surface area contributed by atoms with Crippen LogP contribution in [0.25, 0.3) is 0 Å². The van der Waals surface area contributed by atoms with Crippen LogP contribution < -0.4 is 21.3 Å². The van der Waals surface area contributed by atoms with Gasteiger partial charge in [-0.05, 0) is 23.3 Å². The van der Waals surface area contributed by atoms with E-state index >= 15 is 0 Å². The second-order valence-electron chi connectivity index (χ2n) is 9.33. The van der Waals surface area contributed by atoms with Crippen molar-refractivity contribution in [1.29, 1.82) is 0 Å². The van der Waals surface area contributed by atoms with E-state index in [0.717, 1.165) is 5.56 Å². The first-order chi connectivity index (χ1) is 20.2. The van der Waals surface area contributed by atoms with Gasteiger partial charge in [0.1, 0.15) is 24.4 Å². The van der Waals surface area contributed by atoms with Gasteiger partial charge in [0.25, 0.3) is 0 Å². The van der Waals surface area contributed by atoms with Gasteiger partial charge in [-0.2, -0.15) is 0 Å². The molecule has 3 rings (SSSR count). The second kappa shape index (κ2) is 16.3. The monoisotopic (exact) mass is 582 g/mol. The second-order valence-corrected chi connectivity index (χ2v) is 9.33. The largest absolute Gasteiger partial charge is 0.508 e. The molecule has 14 heteroatoms. The summed E-state index contributed by atoms with van der Waals surface area (Å²) in [5, 5.41) is 38.0. The SMILES string of the molecule is O=C(CNC(=O)[C@H](Cc1cnc[nH]1)NC(=O)OCc1ccccc1)N[C@@H](Cc1ccc(O)cc1)C(=O)NCC(O)CO. The predicted octanol–water partition coefficient (Wildman–Crippen LogP) is -0.734. The zero-order valence-corrected chi connectivity index (χ0v) is 22.7. The summed E-state index contributed by atoms with van der Waals surface area (Å²) in [4.78, 5) is 57.7. The number of carbonyl (C=O) groups excluding carboxylic acids is 4. The van der Waals surface area contributed by atoms with E-state index in [-0.39, 0.29) is 31.7 Å². The van der Waals surface area contributed by atoms with Crippen LogP contribution in [0.4, 0.5) is 4.79 Å². The summed E-state index contributed by atoms with van der Waals surface area (Å²) >= 11 is 0. The van der Waals surface area contributed by atoms with Gasteiger partial charge >= 0.3 is 6.09 Å². The van der Waals surface area contributed by atoms with E-state index in [1.165, 1.54) is 24.7 Å². The molecule has 0 fully saturated rings. The molecule has 3 atom stereocenters. The number of aromatic hydroxyl groups is 1. The zero-order chi connectivity index (χ0) is 30.3. The number of benzene rings is 2. The van der Waals surface area contributed by atoms with Crippen molar-refractivity contribution in [3.63, 3.8) is 0 Å². The van der Waals surface area contributed by atoms with Crippen molar-refractivity contribution in [3.8, 4) is 5.75 Å². The van der Waals surface area contributed by atoms with Gasteiger partial charge < -0.3 is 46.3 Å². The van der Waals surface area contributed by atoms with Crippen molar-refractivity contribution in [2.75, 3.05) is 19.7 Å². The molecular weight excluding hydrogens is 548 g/mol. The quantitative estimate of drug-likeness (QED) is 0.113. The molecule has 2 aromatic carbocycles. The van der Waals surface area contributed by atoms with E-state index in [2.05, 4.69) is 31.2 Å². The molecule has 224 valence electrons. The van der Waals surface area contributed by atoms with Crippen LogP contribution in [0.1, 0.15) is 16.8 Å². The molecule has 1 unspecified atom stereocenters. The number of hydrogen-bond acceptors (Lipinski definition) is 9. The number of aromatic amines is 1. The lowest BCUT2D eigenvalue weighted by atomic mass is 10.0. The highest BCUT2D eigenvalue weighted by Crippen LogP contribution is 2.11. The Hall–Kier alpha value is -4.95. The maximum atomic E-state index is 13.0. The first kappa shape index (κ1) is 31.6. The molecule has 1 aromatic heterocycles. The van der Waals surface area contributed by atoms with Crippen LogP contribution in [0, 0.1) is 0 Å². The normalized spacial score (nSPS) is 12.8. The summed E-state index contributed by atoms with van der Waals surface area (Å²) in [7, 11) is 0. The summed E-state index contributed by atoms with van der Waals surface area (Å²) in [5.74, 6) is -1.98. The topological polar surface area (TPSA) is 215 Å². The molecule has 1 heterocycles. The Morgan fingerprint density at radius 2 is 1.57 bits per heavy atom. The van der Waals surface area contributed by atoms with Crippen molar-refractivity contribution in [2.45, 2.75) is 37.6 Å². The Balaban J connectivity index is 1.59. The Morgan fingerprint density at radius 3 is 2.24 bits per heavy atom. The molecule has 0 aliphatic carbocycles. The number of phenols is 1. The van der Waals surface area contributed by atoms with Gasteiger partial charge in [0, 0.05) is 31.3 Å². The van der Waals surface area contributed by atoms with Crippen LogP contribution in [-0.4, -0.2) is 87.0 Å². The third-order valence-electron chi connectivity index (χ3n) is 5.97. The molecule has 4 amide bonds. The third-order valence-corrected chi connectivity index (χ3v) is 5.97. The van der Waals surface area contributed by atoms with Crippen LogP contribution in [0.3, 0.4) is 0 Å². The Kier molecular flexibility index (Phi) is 12.3. The molecular formula is C28H34N6O8. The standard InChI is InChI=1S/C28H34N6O8/c35-15-22(37)13-30-26(39)23(10-18-6-8-21(36)9-7-18)33-25(38)14-31-27(40)24(11-20-12-29-17-32-20)34-28(41)42-16-19-4-2-1-3-5-19/h1-9,12,17,22-24,35-37H,10-11,13-16H2,(H,29,32)(H,30,39)(H,31,40)(H,33,38)(H,34,41)/t22?,23-,24-/m0/s1. The van der Waals surface area contributed by atoms with Crippen molar-refractivity contribution >= 4 is 23.8 Å². The number of ether oxygens (including phenoxy) is 1. The van der Waals surface area contributed by atoms with Gasteiger partial charge in [0.2, 0.25) is 17.7 Å². The number of amides is 4. The average Bonchev–Trinajstić information content (AvgIpc) is 3.51. The molecule has 0 aliphatic rings. The lowest BCUT2D eigenvalue weighted by molar-refractivity contribution is -0.130. The van der Waals surface area contributed by atoms with Crippen LogP contribution in [0.15, 0.2) is 67.1 Å². The molecule has 0 radical (unpaired) electrons. The summed E-state index contributed by atoms with van der Waals surface area (Å²) in [6.45, 7) is -1.32. The van der Waals surface area contributed by atoms with E-state index < -0.39 is 55.2 Å². The van der Waals surface area contributed by atoms with Gasteiger partial charge in [0.05, 0.1) is 25.6 Å². The van der Waals surface area contributed by atoms with E-state index in [1.807, 2.05) is 6.07 Å². The number of H-pyrrole nitrogens is 1. The summed E-state index contributed by atoms with van der Waals surface area (Å²) in [5.41, 5.74) is 1.94. The first-order valence-corrected chi connectivity index (χ1v) is 13.1. The summed E-state index contributed by atoms with van der Waals surface area (Å²) < 4.78 is 5.22. The minimum atomic E-state index is -1.18. The van der Waals surface area contributed by atoms with Crippen LogP contribution in [0.2, 0.25) is 0 Å². The van der Waals surface area contributed by atoms with Crippen molar-refractivity contribution in [2.24, 2.45) is 0 Å². The summed E-state index contributed by atoms with van der Waals surface area (Å²) in [6, 6.07) is 12.8. The molecule has 14 nitrogen and oxygen atoms in total. The molecule has 42 heavy (non-hydrogen) atoms. The fraction of sp³-hybridized carbons (Fsp3) is 0.321. The van der Waals surface area contributed by atoms with Gasteiger partial charge in [-0.3, -0.25) is 14.4 Å². The highest BCUT2D eigenvalue weighted by molar-refractivity contribution is 5.92. The van der Waals surface area contributed by atoms with E-state index in [0.29, 0.717) is 11.3 Å². The van der Waals surface area contributed by atoms with E-state index in [9.17, 15) is 29.4 Å². The number of imidazole rings is 1. The lowest BCUT2D eigenvalue weighted by Crippen LogP contribution is -2.53. The predicted molar refractivity (Wildman–Crippen MR) is 149 cm³/mol. The minimum absolute atomic E-state index is 0.00665. The fourth-order valence-corrected chi connectivity index (χ4v) is 3.75. The summed E-state index contributed by atoms with van der Waals surface area (Å²) in [6.07, 6.45) is 0.968. The molecule has 0 aliphatic heterocycles. The highest BCUT2D eigenvalue weighted by atomic mass is 16.5. The highest BCUT2D eigenvalue weighted by Gasteiger charge is 2.25.